The number of aliphatic imine (C=N–C) groups is 1. The Balaban J connectivity index is 2.18. The first-order valence-corrected chi connectivity index (χ1v) is 5.69. The summed E-state index contributed by atoms with van der Waals surface area (Å²) in [4.78, 5) is 18.2. The van der Waals surface area contributed by atoms with Crippen LogP contribution < -0.4 is 0 Å². The van der Waals surface area contributed by atoms with Crippen molar-refractivity contribution in [2.75, 3.05) is 13.6 Å². The molecule has 17 heavy (non-hydrogen) atoms. The van der Waals surface area contributed by atoms with Crippen LogP contribution in [0.3, 0.4) is 0 Å². The van der Waals surface area contributed by atoms with Crippen LogP contribution in [0.4, 0.5) is 0 Å². The largest absolute Gasteiger partial charge is 0.333 e. The second-order valence-corrected chi connectivity index (χ2v) is 4.20. The molecule has 0 radical (unpaired) electrons. The Morgan fingerprint density at radius 2 is 2.18 bits per heavy atom. The van der Waals surface area contributed by atoms with Crippen molar-refractivity contribution in [1.82, 2.24) is 4.90 Å². The van der Waals surface area contributed by atoms with Gasteiger partial charge in [-0.15, -0.1) is 0 Å². The molecule has 0 bridgehead atoms. The number of carbonyl (C=O) groups is 1. The van der Waals surface area contributed by atoms with Crippen LogP contribution >= 0.6 is 0 Å². The van der Waals surface area contributed by atoms with Gasteiger partial charge in [0.05, 0.1) is 12.6 Å². The fraction of sp³-hybridized carbons (Fsp3) is 0.286. The number of nitrogens with zero attached hydrogens (tertiary/aromatic N) is 2. The van der Waals surface area contributed by atoms with Crippen LogP contribution in [0, 0.1) is 6.92 Å². The molecule has 1 aliphatic rings. The fourth-order valence-corrected chi connectivity index (χ4v) is 1.87. The Labute approximate surface area is 101 Å². The average molecular weight is 228 g/mol. The molecular weight excluding hydrogens is 212 g/mol. The zero-order chi connectivity index (χ0) is 12.3. The van der Waals surface area contributed by atoms with Crippen LogP contribution in [0.25, 0.3) is 0 Å². The molecule has 0 fully saturated rings. The highest BCUT2D eigenvalue weighted by molar-refractivity contribution is 5.95. The molecule has 0 saturated heterocycles. The number of benzene rings is 1. The third kappa shape index (κ3) is 2.44. The SMILES string of the molecule is Cc1ccccc1C(=O)N(C)C1C=CC=NC1. The first kappa shape index (κ1) is 11.6. The lowest BCUT2D eigenvalue weighted by molar-refractivity contribution is 0.0763. The van der Waals surface area contributed by atoms with E-state index in [-0.39, 0.29) is 11.9 Å². The third-order valence-corrected chi connectivity index (χ3v) is 3.01. The topological polar surface area (TPSA) is 32.7 Å². The molecule has 0 N–H and O–H groups in total. The lowest BCUT2D eigenvalue weighted by Crippen LogP contribution is -2.38. The van der Waals surface area contributed by atoms with Crippen molar-refractivity contribution in [1.29, 1.82) is 0 Å². The minimum atomic E-state index is 0.0508. The number of rotatable bonds is 2. The van der Waals surface area contributed by atoms with Gasteiger partial charge in [0.15, 0.2) is 0 Å². The van der Waals surface area contributed by atoms with E-state index in [9.17, 15) is 4.79 Å². The van der Waals surface area contributed by atoms with E-state index in [1.807, 2.05) is 50.4 Å². The lowest BCUT2D eigenvalue weighted by atomic mass is 10.1. The molecule has 0 aromatic heterocycles. The van der Waals surface area contributed by atoms with E-state index in [1.165, 1.54) is 0 Å². The Kier molecular flexibility index (Phi) is 3.38. The first-order chi connectivity index (χ1) is 8.20. The third-order valence-electron chi connectivity index (χ3n) is 3.01. The van der Waals surface area contributed by atoms with E-state index in [4.69, 9.17) is 0 Å². The molecule has 1 aromatic rings. The highest BCUT2D eigenvalue weighted by Crippen LogP contribution is 2.13. The number of aryl methyl sites for hydroxylation is 1. The molecule has 2 rings (SSSR count). The molecule has 1 unspecified atom stereocenters. The van der Waals surface area contributed by atoms with Crippen LogP contribution in [-0.4, -0.2) is 36.7 Å². The molecular formula is C14H16N2O. The minimum Gasteiger partial charge on any atom is -0.333 e. The summed E-state index contributed by atoms with van der Waals surface area (Å²) in [5.41, 5.74) is 1.77. The summed E-state index contributed by atoms with van der Waals surface area (Å²) in [6, 6.07) is 7.71. The van der Waals surface area contributed by atoms with Crippen molar-refractivity contribution in [3.63, 3.8) is 0 Å². The molecule has 1 amide bonds. The summed E-state index contributed by atoms with van der Waals surface area (Å²) < 4.78 is 0. The van der Waals surface area contributed by atoms with Gasteiger partial charge in [0.1, 0.15) is 0 Å². The Hall–Kier alpha value is -1.90. The zero-order valence-electron chi connectivity index (χ0n) is 10.1. The number of hydrogen-bond donors (Lipinski definition) is 0. The molecule has 1 aliphatic heterocycles. The highest BCUT2D eigenvalue weighted by atomic mass is 16.2. The van der Waals surface area contributed by atoms with Crippen molar-refractivity contribution < 1.29 is 4.79 Å². The number of carbonyl (C=O) groups excluding carboxylic acids is 1. The van der Waals surface area contributed by atoms with Gasteiger partial charge in [0.25, 0.3) is 5.91 Å². The number of dihydropyridines is 1. The second kappa shape index (κ2) is 4.95. The monoisotopic (exact) mass is 228 g/mol. The average Bonchev–Trinajstić information content (AvgIpc) is 2.39. The molecule has 0 aliphatic carbocycles. The number of amides is 1. The maximum absolute atomic E-state index is 12.3. The van der Waals surface area contributed by atoms with Crippen LogP contribution in [0.15, 0.2) is 41.4 Å². The summed E-state index contributed by atoms with van der Waals surface area (Å²) in [6.07, 6.45) is 5.65. The van der Waals surface area contributed by atoms with Crippen LogP contribution in [-0.2, 0) is 0 Å². The molecule has 0 spiro atoms. The predicted molar refractivity (Wildman–Crippen MR) is 69.6 cm³/mol. The van der Waals surface area contributed by atoms with Crippen molar-refractivity contribution in [2.24, 2.45) is 4.99 Å². The number of likely N-dealkylation sites (N-methyl/N-ethyl adjacent to an activating group) is 1. The summed E-state index contributed by atoms with van der Waals surface area (Å²) in [5.74, 6) is 0.0508. The maximum Gasteiger partial charge on any atom is 0.254 e. The Morgan fingerprint density at radius 3 is 2.82 bits per heavy atom. The Bertz CT molecular complexity index is 477. The molecule has 0 saturated carbocycles. The molecule has 3 nitrogen and oxygen atoms in total. The van der Waals surface area contributed by atoms with Crippen LogP contribution in [0.2, 0.25) is 0 Å². The quantitative estimate of drug-likeness (QED) is 0.762. The van der Waals surface area contributed by atoms with Gasteiger partial charge in [0.2, 0.25) is 0 Å². The molecule has 88 valence electrons. The normalized spacial score (nSPS) is 18.1. The van der Waals surface area contributed by atoms with Gasteiger partial charge in [-0.25, -0.2) is 0 Å². The predicted octanol–water partition coefficient (Wildman–Crippen LogP) is 2.08. The second-order valence-electron chi connectivity index (χ2n) is 4.20. The first-order valence-electron chi connectivity index (χ1n) is 5.69. The van der Waals surface area contributed by atoms with Crippen molar-refractivity contribution in [3.8, 4) is 0 Å². The summed E-state index contributed by atoms with van der Waals surface area (Å²) in [7, 11) is 1.82. The number of allylic oxidation sites excluding steroid dienone is 1. The lowest BCUT2D eigenvalue weighted by Gasteiger charge is -2.26. The summed E-state index contributed by atoms with van der Waals surface area (Å²) >= 11 is 0. The van der Waals surface area contributed by atoms with Gasteiger partial charge in [-0.05, 0) is 24.6 Å². The van der Waals surface area contributed by atoms with Crippen molar-refractivity contribution >= 4 is 12.1 Å². The number of hydrogen-bond acceptors (Lipinski definition) is 2. The van der Waals surface area contributed by atoms with Gasteiger partial charge >= 0.3 is 0 Å². The molecule has 1 heterocycles. The van der Waals surface area contributed by atoms with E-state index in [0.717, 1.165) is 11.1 Å². The van der Waals surface area contributed by atoms with Crippen LogP contribution in [0.5, 0.6) is 0 Å². The molecule has 1 atom stereocenters. The van der Waals surface area contributed by atoms with Crippen molar-refractivity contribution in [2.45, 2.75) is 13.0 Å². The van der Waals surface area contributed by atoms with E-state index < -0.39 is 0 Å². The molecule has 3 heteroatoms. The van der Waals surface area contributed by atoms with Gasteiger partial charge in [-0.2, -0.15) is 0 Å². The smallest absolute Gasteiger partial charge is 0.254 e. The van der Waals surface area contributed by atoms with E-state index >= 15 is 0 Å². The van der Waals surface area contributed by atoms with E-state index in [2.05, 4.69) is 4.99 Å². The summed E-state index contributed by atoms with van der Waals surface area (Å²) in [6.45, 7) is 2.60. The highest BCUT2D eigenvalue weighted by Gasteiger charge is 2.20. The van der Waals surface area contributed by atoms with E-state index in [1.54, 1.807) is 11.1 Å². The van der Waals surface area contributed by atoms with E-state index in [0.29, 0.717) is 6.54 Å². The van der Waals surface area contributed by atoms with Gasteiger partial charge < -0.3 is 4.90 Å². The van der Waals surface area contributed by atoms with Gasteiger partial charge in [-0.3, -0.25) is 9.79 Å². The molecule has 1 aromatic carbocycles. The van der Waals surface area contributed by atoms with Crippen LogP contribution in [0.1, 0.15) is 15.9 Å². The summed E-state index contributed by atoms with van der Waals surface area (Å²) in [5, 5.41) is 0. The van der Waals surface area contributed by atoms with Crippen molar-refractivity contribution in [3.05, 3.63) is 47.5 Å². The zero-order valence-corrected chi connectivity index (χ0v) is 10.1. The Morgan fingerprint density at radius 1 is 1.41 bits per heavy atom. The van der Waals surface area contributed by atoms with Gasteiger partial charge in [0, 0.05) is 18.8 Å². The van der Waals surface area contributed by atoms with Gasteiger partial charge in [-0.1, -0.05) is 24.3 Å². The standard InChI is InChI=1S/C14H16N2O/c1-11-6-3-4-8-13(11)14(17)16(2)12-7-5-9-15-10-12/h3-9,12H,10H2,1-2H3. The minimum absolute atomic E-state index is 0.0508. The maximum atomic E-state index is 12.3. The fourth-order valence-electron chi connectivity index (χ4n) is 1.87.